The van der Waals surface area contributed by atoms with Crippen molar-refractivity contribution in [1.29, 1.82) is 0 Å². The number of ether oxygens (including phenoxy) is 4. The van der Waals surface area contributed by atoms with Crippen molar-refractivity contribution < 1.29 is 38.7 Å². The highest BCUT2D eigenvalue weighted by molar-refractivity contribution is 5.80. The highest BCUT2D eigenvalue weighted by atomic mass is 16.6. The quantitative estimate of drug-likeness (QED) is 0.417. The van der Waals surface area contributed by atoms with Crippen molar-refractivity contribution >= 4 is 12.1 Å². The minimum Gasteiger partial charge on any atom is -0.491 e. The molecule has 1 amide bonds. The lowest BCUT2D eigenvalue weighted by Crippen LogP contribution is -2.44. The lowest BCUT2D eigenvalue weighted by atomic mass is 10.1. The van der Waals surface area contributed by atoms with E-state index in [9.17, 15) is 14.7 Å². The summed E-state index contributed by atoms with van der Waals surface area (Å²) in [6.07, 6.45) is -0.655. The highest BCUT2D eigenvalue weighted by Crippen LogP contribution is 2.14. The highest BCUT2D eigenvalue weighted by Gasteiger charge is 2.24. The minimum absolute atomic E-state index is 0.0105. The number of hydrogen-bond acceptors (Lipinski definition) is 7. The molecule has 0 aliphatic heterocycles. The number of carboxylic acids is 1. The second-order valence-electron chi connectivity index (χ2n) is 7.18. The molecule has 0 heterocycles. The second-order valence-corrected chi connectivity index (χ2v) is 7.18. The van der Waals surface area contributed by atoms with Gasteiger partial charge in [0.2, 0.25) is 0 Å². The van der Waals surface area contributed by atoms with Crippen molar-refractivity contribution in [3.05, 3.63) is 29.8 Å². The van der Waals surface area contributed by atoms with E-state index in [2.05, 4.69) is 5.32 Å². The molecule has 0 bridgehead atoms. The summed E-state index contributed by atoms with van der Waals surface area (Å²) in [4.78, 5) is 23.2. The molecule has 1 aromatic rings. The molecule has 0 saturated carbocycles. The maximum absolute atomic E-state index is 11.8. The summed E-state index contributed by atoms with van der Waals surface area (Å²) in [6, 6.07) is 5.84. The molecule has 1 atom stereocenters. The van der Waals surface area contributed by atoms with E-state index in [0.29, 0.717) is 38.8 Å². The number of aliphatic hydroxyl groups excluding tert-OH is 1. The fourth-order valence-electron chi connectivity index (χ4n) is 2.21. The van der Waals surface area contributed by atoms with Crippen LogP contribution < -0.4 is 10.1 Å². The summed E-state index contributed by atoms with van der Waals surface area (Å²) in [5, 5.41) is 20.3. The largest absolute Gasteiger partial charge is 0.491 e. The standard InChI is InChI=1S/C20H31NO8/c1-20(2,3)29-19(25)21-17(18(23)24)14-15-4-6-16(7-5-15)28-13-12-27-11-10-26-9-8-22/h4-7,17,22H,8-14H2,1-3H3,(H,21,25)(H,23,24)/t17-/m0/s1. The van der Waals surface area contributed by atoms with Gasteiger partial charge < -0.3 is 34.5 Å². The van der Waals surface area contributed by atoms with Gasteiger partial charge in [0.15, 0.2) is 0 Å². The zero-order chi connectivity index (χ0) is 21.7. The molecule has 0 radical (unpaired) electrons. The number of aliphatic carboxylic acids is 1. The summed E-state index contributed by atoms with van der Waals surface area (Å²) >= 11 is 0. The van der Waals surface area contributed by atoms with Crippen molar-refractivity contribution in [2.75, 3.05) is 39.6 Å². The number of benzene rings is 1. The fourth-order valence-corrected chi connectivity index (χ4v) is 2.21. The molecule has 0 unspecified atom stereocenters. The Bertz CT molecular complexity index is 612. The maximum Gasteiger partial charge on any atom is 0.408 e. The molecule has 0 spiro atoms. The summed E-state index contributed by atoms with van der Waals surface area (Å²) < 4.78 is 21.0. The molecule has 29 heavy (non-hydrogen) atoms. The molecular formula is C20H31NO8. The third kappa shape index (κ3) is 11.9. The Morgan fingerprint density at radius 1 is 1.00 bits per heavy atom. The first-order valence-electron chi connectivity index (χ1n) is 9.41. The smallest absolute Gasteiger partial charge is 0.408 e. The van der Waals surface area contributed by atoms with Crippen LogP contribution in [0.5, 0.6) is 5.75 Å². The van der Waals surface area contributed by atoms with Gasteiger partial charge >= 0.3 is 12.1 Å². The first-order valence-corrected chi connectivity index (χ1v) is 9.41. The Hall–Kier alpha value is -2.36. The number of carboxylic acid groups (broad SMARTS) is 1. The van der Waals surface area contributed by atoms with E-state index in [1.807, 2.05) is 0 Å². The number of amides is 1. The van der Waals surface area contributed by atoms with Gasteiger partial charge in [-0.25, -0.2) is 9.59 Å². The molecule has 0 aliphatic carbocycles. The third-order valence-electron chi connectivity index (χ3n) is 3.46. The Balaban J connectivity index is 2.39. The van der Waals surface area contributed by atoms with Crippen LogP contribution in [0.4, 0.5) is 4.79 Å². The van der Waals surface area contributed by atoms with Gasteiger partial charge in [-0.2, -0.15) is 0 Å². The topological polar surface area (TPSA) is 124 Å². The van der Waals surface area contributed by atoms with Gasteiger partial charge in [-0.05, 0) is 38.5 Å². The number of rotatable bonds is 13. The molecular weight excluding hydrogens is 382 g/mol. The predicted molar refractivity (Wildman–Crippen MR) is 105 cm³/mol. The number of alkyl carbamates (subject to hydrolysis) is 1. The van der Waals surface area contributed by atoms with E-state index in [4.69, 9.17) is 24.1 Å². The number of carbonyl (C=O) groups is 2. The van der Waals surface area contributed by atoms with Gasteiger partial charge in [-0.3, -0.25) is 0 Å². The normalized spacial score (nSPS) is 12.3. The third-order valence-corrected chi connectivity index (χ3v) is 3.46. The SMILES string of the molecule is CC(C)(C)OC(=O)N[C@@H](Cc1ccc(OCCOCCOCCO)cc1)C(=O)O. The van der Waals surface area contributed by atoms with Gasteiger partial charge in [0.25, 0.3) is 0 Å². The van der Waals surface area contributed by atoms with Gasteiger partial charge in [0.1, 0.15) is 24.0 Å². The van der Waals surface area contributed by atoms with Crippen LogP contribution in [0.1, 0.15) is 26.3 Å². The van der Waals surface area contributed by atoms with Crippen molar-refractivity contribution in [2.45, 2.75) is 38.8 Å². The first kappa shape index (κ1) is 24.7. The second kappa shape index (κ2) is 13.0. The summed E-state index contributed by atoms with van der Waals surface area (Å²) in [5.74, 6) is -0.517. The molecule has 9 nitrogen and oxygen atoms in total. The number of hydrogen-bond donors (Lipinski definition) is 3. The number of aliphatic hydroxyl groups is 1. The van der Waals surface area contributed by atoms with Crippen LogP contribution in [0.15, 0.2) is 24.3 Å². The molecule has 3 N–H and O–H groups in total. The van der Waals surface area contributed by atoms with Crippen LogP contribution in [-0.4, -0.2) is 73.6 Å². The van der Waals surface area contributed by atoms with Crippen LogP contribution in [0.25, 0.3) is 0 Å². The summed E-state index contributed by atoms with van der Waals surface area (Å²) in [6.45, 7) is 6.99. The fraction of sp³-hybridized carbons (Fsp3) is 0.600. The lowest BCUT2D eigenvalue weighted by molar-refractivity contribution is -0.139. The van der Waals surface area contributed by atoms with Crippen LogP contribution in [0, 0.1) is 0 Å². The van der Waals surface area contributed by atoms with Crippen LogP contribution in [0.2, 0.25) is 0 Å². The summed E-state index contributed by atoms with van der Waals surface area (Å²) in [5.41, 5.74) is 0.0283. The molecule has 164 valence electrons. The Kier molecular flexibility index (Phi) is 11.0. The maximum atomic E-state index is 11.8. The molecule has 0 fully saturated rings. The zero-order valence-corrected chi connectivity index (χ0v) is 17.2. The van der Waals surface area contributed by atoms with Gasteiger partial charge in [0.05, 0.1) is 33.0 Å². The van der Waals surface area contributed by atoms with Gasteiger partial charge in [-0.15, -0.1) is 0 Å². The zero-order valence-electron chi connectivity index (χ0n) is 17.2. The van der Waals surface area contributed by atoms with Crippen LogP contribution >= 0.6 is 0 Å². The van der Waals surface area contributed by atoms with E-state index < -0.39 is 23.7 Å². The Morgan fingerprint density at radius 3 is 2.14 bits per heavy atom. The van der Waals surface area contributed by atoms with E-state index in [1.54, 1.807) is 45.0 Å². The van der Waals surface area contributed by atoms with E-state index >= 15 is 0 Å². The number of nitrogens with one attached hydrogen (secondary N) is 1. The minimum atomic E-state index is -1.14. The molecule has 9 heteroatoms. The summed E-state index contributed by atoms with van der Waals surface area (Å²) in [7, 11) is 0. The monoisotopic (exact) mass is 413 g/mol. The average molecular weight is 413 g/mol. The van der Waals surface area contributed by atoms with Crippen molar-refractivity contribution in [1.82, 2.24) is 5.32 Å². The van der Waals surface area contributed by atoms with Gasteiger partial charge in [0, 0.05) is 6.42 Å². The molecule has 1 aromatic carbocycles. The average Bonchev–Trinajstić information content (AvgIpc) is 2.63. The molecule has 1 rings (SSSR count). The van der Waals surface area contributed by atoms with Crippen molar-refractivity contribution in [3.8, 4) is 5.75 Å². The predicted octanol–water partition coefficient (Wildman–Crippen LogP) is 1.61. The van der Waals surface area contributed by atoms with Crippen LogP contribution in [-0.2, 0) is 25.4 Å². The van der Waals surface area contributed by atoms with Crippen molar-refractivity contribution in [3.63, 3.8) is 0 Å². The Morgan fingerprint density at radius 2 is 1.59 bits per heavy atom. The van der Waals surface area contributed by atoms with Crippen molar-refractivity contribution in [2.24, 2.45) is 0 Å². The van der Waals surface area contributed by atoms with Crippen LogP contribution in [0.3, 0.4) is 0 Å². The van der Waals surface area contributed by atoms with E-state index in [1.165, 1.54) is 0 Å². The Labute approximate surface area is 170 Å². The molecule has 0 saturated heterocycles. The first-order chi connectivity index (χ1) is 13.7. The molecule has 0 aliphatic rings. The van der Waals surface area contributed by atoms with E-state index in [-0.39, 0.29) is 13.0 Å². The number of carbonyl (C=O) groups excluding carboxylic acids is 1. The van der Waals surface area contributed by atoms with E-state index in [0.717, 1.165) is 5.56 Å². The van der Waals surface area contributed by atoms with Gasteiger partial charge in [-0.1, -0.05) is 12.1 Å². The molecule has 0 aromatic heterocycles. The lowest BCUT2D eigenvalue weighted by Gasteiger charge is -2.22.